The number of urea groups is 1. The van der Waals surface area contributed by atoms with E-state index in [9.17, 15) is 4.39 Å². The zero-order valence-electron chi connectivity index (χ0n) is 42.2. The minimum absolute atomic E-state index is 0.00469. The van der Waals surface area contributed by atoms with Crippen LogP contribution in [0.5, 0.6) is 11.5 Å². The number of hydrogen-bond donors (Lipinski definition) is 1. The lowest BCUT2D eigenvalue weighted by Crippen LogP contribution is -2.70. The van der Waals surface area contributed by atoms with Crippen LogP contribution in [0.15, 0.2) is 164 Å². The van der Waals surface area contributed by atoms with Gasteiger partial charge in [-0.2, -0.15) is 4.98 Å². The minimum atomic E-state index is -3.20. The number of carbonyl (C=O) groups excluding carboxylic acids is 1. The van der Waals surface area contributed by atoms with Gasteiger partial charge in [0.2, 0.25) is 5.95 Å². The SMILES string of the molecule is COc1ccc(N2Cc3cnc(Nc4ccc(F)c(OC)c4)nc3N(C3C[C@@H](O[Si](c4ccccc4)(c4ccccc4)C(C)(C)C)C[C@@H](O[Si](c4ccccc4)(c4ccccc4)C(C)(C)C)C3)C2=O)c(F)c1. The van der Waals surface area contributed by atoms with Crippen molar-refractivity contribution in [3.8, 4) is 11.5 Å². The highest BCUT2D eigenvalue weighted by atomic mass is 28.4. The molecule has 6 aromatic carbocycles. The van der Waals surface area contributed by atoms with Gasteiger partial charge in [0, 0.05) is 35.6 Å². The number of amides is 2. The third kappa shape index (κ3) is 9.56. The number of ether oxygens (including phenoxy) is 2. The maximum Gasteiger partial charge on any atom is 0.330 e. The molecule has 2 amide bonds. The monoisotopic (exact) mass is 1000 g/mol. The molecule has 0 radical (unpaired) electrons. The molecule has 1 fully saturated rings. The van der Waals surface area contributed by atoms with E-state index < -0.39 is 52.6 Å². The zero-order chi connectivity index (χ0) is 50.8. The number of nitrogens with zero attached hydrogens (tertiary/aromatic N) is 4. The molecule has 7 aromatic rings. The topological polar surface area (TPSA) is 98.3 Å². The van der Waals surface area contributed by atoms with Gasteiger partial charge in [-0.05, 0) is 74.4 Å². The van der Waals surface area contributed by atoms with Crippen molar-refractivity contribution in [3.63, 3.8) is 0 Å². The van der Waals surface area contributed by atoms with E-state index in [2.05, 4.69) is 149 Å². The summed E-state index contributed by atoms with van der Waals surface area (Å²) >= 11 is 0. The first-order valence-electron chi connectivity index (χ1n) is 24.5. The molecule has 10 nitrogen and oxygen atoms in total. The molecule has 14 heteroatoms. The summed E-state index contributed by atoms with van der Waals surface area (Å²) in [6, 6.07) is 50.2. The molecule has 372 valence electrons. The number of aromatic nitrogens is 2. The largest absolute Gasteiger partial charge is 0.497 e. The molecular weight excluding hydrogens is 941 g/mol. The van der Waals surface area contributed by atoms with Crippen LogP contribution in [0.2, 0.25) is 10.1 Å². The summed E-state index contributed by atoms with van der Waals surface area (Å²) in [5.74, 6) is -0.197. The molecular formula is C58H63F2N5O5Si2. The van der Waals surface area contributed by atoms with Gasteiger partial charge in [-0.15, -0.1) is 0 Å². The van der Waals surface area contributed by atoms with Crippen molar-refractivity contribution in [2.75, 3.05) is 29.3 Å². The highest BCUT2D eigenvalue weighted by Crippen LogP contribution is 2.45. The van der Waals surface area contributed by atoms with Crippen LogP contribution in [0.3, 0.4) is 0 Å². The van der Waals surface area contributed by atoms with Crippen LogP contribution in [-0.4, -0.2) is 65.1 Å². The highest BCUT2D eigenvalue weighted by molar-refractivity contribution is 7.00. The number of carbonyl (C=O) groups is 1. The van der Waals surface area contributed by atoms with E-state index in [4.69, 9.17) is 23.3 Å². The number of benzene rings is 6. The fourth-order valence-corrected chi connectivity index (χ4v) is 20.3. The number of fused-ring (bicyclic) bond motifs is 1. The van der Waals surface area contributed by atoms with Crippen LogP contribution in [0.25, 0.3) is 0 Å². The lowest BCUT2D eigenvalue weighted by atomic mass is 9.89. The predicted octanol–water partition coefficient (Wildman–Crippen LogP) is 10.9. The summed E-state index contributed by atoms with van der Waals surface area (Å²) in [4.78, 5) is 28.7. The number of anilines is 4. The van der Waals surface area contributed by atoms with E-state index >= 15 is 9.18 Å². The Morgan fingerprint density at radius 2 is 1.11 bits per heavy atom. The number of methoxy groups -OCH3 is 2. The number of rotatable bonds is 14. The summed E-state index contributed by atoms with van der Waals surface area (Å²) < 4.78 is 57.6. The first kappa shape index (κ1) is 50.2. The van der Waals surface area contributed by atoms with E-state index in [0.717, 1.165) is 20.7 Å². The van der Waals surface area contributed by atoms with Crippen molar-refractivity contribution in [1.29, 1.82) is 0 Å². The summed E-state index contributed by atoms with van der Waals surface area (Å²) in [6.45, 7) is 13.6. The van der Waals surface area contributed by atoms with Crippen LogP contribution >= 0.6 is 0 Å². The van der Waals surface area contributed by atoms with E-state index in [1.807, 2.05) is 24.3 Å². The third-order valence-electron chi connectivity index (χ3n) is 14.2. The molecule has 1 aliphatic heterocycles. The average Bonchev–Trinajstić information content (AvgIpc) is 3.38. The Kier molecular flexibility index (Phi) is 14.2. The molecule has 0 spiro atoms. The van der Waals surface area contributed by atoms with Crippen LogP contribution < -0.4 is 45.3 Å². The van der Waals surface area contributed by atoms with Crippen LogP contribution in [-0.2, 0) is 15.4 Å². The fourth-order valence-electron chi connectivity index (χ4n) is 10.9. The molecule has 9 rings (SSSR count). The molecule has 72 heavy (non-hydrogen) atoms. The Morgan fingerprint density at radius 3 is 1.56 bits per heavy atom. The van der Waals surface area contributed by atoms with Gasteiger partial charge in [0.25, 0.3) is 16.6 Å². The highest BCUT2D eigenvalue weighted by Gasteiger charge is 2.56. The molecule has 2 heterocycles. The number of halogens is 2. The molecule has 3 atom stereocenters. The number of nitrogens with one attached hydrogen (secondary N) is 1. The van der Waals surface area contributed by atoms with Gasteiger partial charge in [-0.3, -0.25) is 9.80 Å². The van der Waals surface area contributed by atoms with Gasteiger partial charge in [0.05, 0.1) is 38.7 Å². The van der Waals surface area contributed by atoms with E-state index in [1.165, 1.54) is 37.3 Å². The van der Waals surface area contributed by atoms with Gasteiger partial charge in [-0.1, -0.05) is 163 Å². The first-order chi connectivity index (χ1) is 34.6. The van der Waals surface area contributed by atoms with Gasteiger partial charge < -0.3 is 23.6 Å². The molecule has 0 bridgehead atoms. The van der Waals surface area contributed by atoms with Gasteiger partial charge in [-0.25, -0.2) is 18.6 Å². The van der Waals surface area contributed by atoms with E-state index in [0.29, 0.717) is 42.1 Å². The van der Waals surface area contributed by atoms with Crippen LogP contribution in [0, 0.1) is 11.6 Å². The standard InChI is InChI=1S/C58H63F2N5O5Si2/c1-57(2,3)71(46-21-13-9-14-22-46,47-23-15-10-16-24-47)69-44-34-42(35-45(36-44)70-72(58(4,5)6,48-25-17-11-18-26-48)49-27-19-12-20-28-49)65-54-40(39-64(56(65)66)52-32-30-43(67-7)37-51(52)60)38-61-55(63-54)62-41-29-31-50(59)53(33-41)68-8/h9-33,37-38,42,44-45H,34-36,39H2,1-8H3,(H,61,62,63)/t42?,44-,45+. The Morgan fingerprint density at radius 1 is 0.611 bits per heavy atom. The second-order valence-corrected chi connectivity index (χ2v) is 29.2. The lowest BCUT2D eigenvalue weighted by Gasteiger charge is -2.51. The van der Waals surface area contributed by atoms with Gasteiger partial charge >= 0.3 is 6.03 Å². The molecule has 1 N–H and O–H groups in total. The lowest BCUT2D eigenvalue weighted by molar-refractivity contribution is 0.0473. The summed E-state index contributed by atoms with van der Waals surface area (Å²) in [7, 11) is -3.52. The Labute approximate surface area is 424 Å². The van der Waals surface area contributed by atoms with Crippen molar-refractivity contribution in [2.24, 2.45) is 0 Å². The van der Waals surface area contributed by atoms with Crippen LogP contribution in [0.4, 0.5) is 36.7 Å². The van der Waals surface area contributed by atoms with Crippen LogP contribution in [0.1, 0.15) is 66.4 Å². The quantitative estimate of drug-likeness (QED) is 0.108. The van der Waals surface area contributed by atoms with Crippen molar-refractivity contribution in [1.82, 2.24) is 9.97 Å². The summed E-state index contributed by atoms with van der Waals surface area (Å²) in [6.07, 6.45) is 2.16. The molecule has 1 saturated carbocycles. The molecule has 1 aromatic heterocycles. The second-order valence-electron chi connectivity index (χ2n) is 20.7. The maximum atomic E-state index is 16.3. The van der Waals surface area contributed by atoms with E-state index in [-0.39, 0.29) is 34.0 Å². The Hall–Kier alpha value is -6.72. The van der Waals surface area contributed by atoms with Crippen molar-refractivity contribution >= 4 is 66.6 Å². The van der Waals surface area contributed by atoms with Crippen molar-refractivity contribution < 1.29 is 31.9 Å². The van der Waals surface area contributed by atoms with Crippen molar-refractivity contribution in [2.45, 2.75) is 95.7 Å². The smallest absolute Gasteiger partial charge is 0.330 e. The van der Waals surface area contributed by atoms with E-state index in [1.54, 1.807) is 29.3 Å². The fraction of sp³-hybridized carbons (Fsp3) is 0.293. The zero-order valence-corrected chi connectivity index (χ0v) is 44.2. The van der Waals surface area contributed by atoms with Gasteiger partial charge in [0.15, 0.2) is 17.4 Å². The normalized spacial score (nSPS) is 17.6. The second kappa shape index (κ2) is 20.4. The third-order valence-corrected chi connectivity index (χ3v) is 24.4. The molecule has 2 aliphatic rings. The number of hydrogen-bond acceptors (Lipinski definition) is 8. The van der Waals surface area contributed by atoms with Gasteiger partial charge in [0.1, 0.15) is 11.6 Å². The Balaban J connectivity index is 1.23. The van der Waals surface area contributed by atoms with Crippen molar-refractivity contribution in [3.05, 3.63) is 181 Å². The maximum absolute atomic E-state index is 16.3. The molecule has 1 unspecified atom stereocenters. The molecule has 1 aliphatic carbocycles. The minimum Gasteiger partial charge on any atom is -0.497 e. The summed E-state index contributed by atoms with van der Waals surface area (Å²) in [5.41, 5.74) is 1.18. The Bertz CT molecular complexity index is 2810. The summed E-state index contributed by atoms with van der Waals surface area (Å²) in [5, 5.41) is 7.04. The average molecular weight is 1000 g/mol. The molecule has 0 saturated heterocycles. The first-order valence-corrected chi connectivity index (χ1v) is 28.4. The predicted molar refractivity (Wildman–Crippen MR) is 288 cm³/mol.